The van der Waals surface area contributed by atoms with Crippen LogP contribution in [0.3, 0.4) is 0 Å². The number of amides is 1. The summed E-state index contributed by atoms with van der Waals surface area (Å²) in [6.45, 7) is 10.1. The third-order valence-corrected chi connectivity index (χ3v) is 6.14. The van der Waals surface area contributed by atoms with E-state index in [9.17, 15) is 14.2 Å². The summed E-state index contributed by atoms with van der Waals surface area (Å²) in [6, 6.07) is 0. The van der Waals surface area contributed by atoms with E-state index in [2.05, 4.69) is 21.1 Å². The number of nitrogens with zero attached hydrogens (tertiary/aromatic N) is 3. The highest BCUT2D eigenvalue weighted by Crippen LogP contribution is 2.38. The van der Waals surface area contributed by atoms with E-state index >= 15 is 0 Å². The van der Waals surface area contributed by atoms with Crippen LogP contribution in [0.4, 0.5) is 5.82 Å². The van der Waals surface area contributed by atoms with Gasteiger partial charge in [0.15, 0.2) is 0 Å². The van der Waals surface area contributed by atoms with Crippen molar-refractivity contribution in [2.24, 2.45) is 5.41 Å². The standard InChI is InChI=1S/C18H27N4O6PS/c1-6-18(4,5)17(24)30-15(7-8-28-29(25,26)27)12(2)22(11-23)10-14-9-20-13(3)21-16(14)19/h6,9,11H,1,7-8,10H2,2-5H3,(H2,19,20,21)(H2,25,26,27)/b15-12-. The van der Waals surface area contributed by atoms with Gasteiger partial charge in [-0.25, -0.2) is 14.5 Å². The third-order valence-electron chi connectivity index (χ3n) is 4.16. The molecule has 0 aromatic carbocycles. The van der Waals surface area contributed by atoms with Crippen molar-refractivity contribution in [3.63, 3.8) is 0 Å². The first-order valence-corrected chi connectivity index (χ1v) is 11.2. The van der Waals surface area contributed by atoms with Crippen LogP contribution < -0.4 is 5.73 Å². The van der Waals surface area contributed by atoms with Gasteiger partial charge >= 0.3 is 7.82 Å². The van der Waals surface area contributed by atoms with Gasteiger partial charge in [0.2, 0.25) is 11.5 Å². The lowest BCUT2D eigenvalue weighted by molar-refractivity contribution is -0.117. The van der Waals surface area contributed by atoms with Crippen LogP contribution in [-0.2, 0) is 25.2 Å². The Hall–Kier alpha value is -2.04. The maximum absolute atomic E-state index is 12.6. The molecule has 0 atom stereocenters. The molecule has 0 unspecified atom stereocenters. The summed E-state index contributed by atoms with van der Waals surface area (Å²) < 4.78 is 15.5. The van der Waals surface area contributed by atoms with Crippen molar-refractivity contribution in [3.05, 3.63) is 40.8 Å². The summed E-state index contributed by atoms with van der Waals surface area (Å²) in [5, 5.41) is -0.243. The summed E-state index contributed by atoms with van der Waals surface area (Å²) in [4.78, 5) is 52.1. The molecule has 166 valence electrons. The Kier molecular flexibility index (Phi) is 9.38. The molecule has 12 heteroatoms. The Morgan fingerprint density at radius 2 is 2.10 bits per heavy atom. The smallest absolute Gasteiger partial charge is 0.383 e. The molecule has 1 rings (SSSR count). The normalized spacial score (nSPS) is 12.9. The number of allylic oxidation sites excluding steroid dienone is 2. The molecule has 1 amide bonds. The zero-order valence-corrected chi connectivity index (χ0v) is 19.1. The van der Waals surface area contributed by atoms with Crippen molar-refractivity contribution in [1.82, 2.24) is 14.9 Å². The summed E-state index contributed by atoms with van der Waals surface area (Å²) in [6.07, 6.45) is 3.59. The molecular weight excluding hydrogens is 431 g/mol. The second kappa shape index (κ2) is 10.8. The zero-order valence-electron chi connectivity index (χ0n) is 17.4. The molecule has 0 saturated carbocycles. The summed E-state index contributed by atoms with van der Waals surface area (Å²) in [5.41, 5.74) is 5.98. The van der Waals surface area contributed by atoms with Crippen molar-refractivity contribution in [3.8, 4) is 0 Å². The lowest BCUT2D eigenvalue weighted by atomic mass is 9.96. The van der Waals surface area contributed by atoms with Crippen molar-refractivity contribution < 1.29 is 28.5 Å². The molecule has 1 aromatic heterocycles. The van der Waals surface area contributed by atoms with E-state index in [4.69, 9.17) is 15.5 Å². The van der Waals surface area contributed by atoms with Crippen molar-refractivity contribution in [1.29, 1.82) is 0 Å². The Labute approximate surface area is 179 Å². The van der Waals surface area contributed by atoms with Gasteiger partial charge in [0.1, 0.15) is 11.6 Å². The second-order valence-electron chi connectivity index (χ2n) is 6.96. The largest absolute Gasteiger partial charge is 0.469 e. The lowest BCUT2D eigenvalue weighted by Crippen LogP contribution is -2.23. The molecule has 4 N–H and O–H groups in total. The fraction of sp³-hybridized carbons (Fsp3) is 0.444. The van der Waals surface area contributed by atoms with E-state index in [0.717, 1.165) is 11.8 Å². The molecule has 0 radical (unpaired) electrons. The highest BCUT2D eigenvalue weighted by Gasteiger charge is 2.27. The molecule has 0 spiro atoms. The minimum absolute atomic E-state index is 0.00475. The summed E-state index contributed by atoms with van der Waals surface area (Å²) in [5.74, 6) is 0.717. The first kappa shape index (κ1) is 26.0. The molecule has 1 heterocycles. The van der Waals surface area contributed by atoms with E-state index in [1.807, 2.05) is 0 Å². The molecule has 10 nitrogen and oxygen atoms in total. The van der Waals surface area contributed by atoms with Crippen molar-refractivity contribution in [2.75, 3.05) is 12.3 Å². The number of anilines is 1. The van der Waals surface area contributed by atoms with Gasteiger partial charge < -0.3 is 20.4 Å². The maximum Gasteiger partial charge on any atom is 0.469 e. The molecule has 0 aliphatic carbocycles. The van der Waals surface area contributed by atoms with Crippen LogP contribution in [0.15, 0.2) is 29.5 Å². The van der Waals surface area contributed by atoms with Gasteiger partial charge in [-0.05, 0) is 27.7 Å². The molecule has 0 aliphatic rings. The van der Waals surface area contributed by atoms with E-state index in [1.54, 1.807) is 27.7 Å². The number of hydrogen-bond acceptors (Lipinski definition) is 8. The van der Waals surface area contributed by atoms with E-state index < -0.39 is 13.2 Å². The molecule has 30 heavy (non-hydrogen) atoms. The fourth-order valence-electron chi connectivity index (χ4n) is 2.10. The van der Waals surface area contributed by atoms with E-state index in [-0.39, 0.29) is 30.5 Å². The van der Waals surface area contributed by atoms with Gasteiger partial charge in [0.25, 0.3) is 0 Å². The van der Waals surface area contributed by atoms with E-state index in [1.165, 1.54) is 17.2 Å². The minimum Gasteiger partial charge on any atom is -0.383 e. The molecule has 0 aliphatic heterocycles. The number of rotatable bonds is 11. The van der Waals surface area contributed by atoms with Crippen LogP contribution in [0, 0.1) is 12.3 Å². The summed E-state index contributed by atoms with van der Waals surface area (Å²) >= 11 is 0.869. The van der Waals surface area contributed by atoms with Gasteiger partial charge in [0, 0.05) is 28.8 Å². The Morgan fingerprint density at radius 1 is 1.47 bits per heavy atom. The van der Waals surface area contributed by atoms with Crippen LogP contribution in [0.25, 0.3) is 0 Å². The number of thioether (sulfide) groups is 1. The van der Waals surface area contributed by atoms with Gasteiger partial charge in [-0.1, -0.05) is 17.8 Å². The van der Waals surface area contributed by atoms with Crippen LogP contribution in [0.2, 0.25) is 0 Å². The maximum atomic E-state index is 12.6. The van der Waals surface area contributed by atoms with Crippen molar-refractivity contribution >= 4 is 36.9 Å². The van der Waals surface area contributed by atoms with Crippen LogP contribution in [0.1, 0.15) is 38.6 Å². The Morgan fingerprint density at radius 3 is 2.60 bits per heavy atom. The molecule has 0 fully saturated rings. The number of nitrogen functional groups attached to an aromatic ring is 1. The first-order valence-electron chi connectivity index (χ1n) is 8.86. The number of phosphoric ester groups is 1. The molecular formula is C18H27N4O6PS. The molecule has 1 aromatic rings. The highest BCUT2D eigenvalue weighted by atomic mass is 32.2. The predicted molar refractivity (Wildman–Crippen MR) is 115 cm³/mol. The highest BCUT2D eigenvalue weighted by molar-refractivity contribution is 8.17. The lowest BCUT2D eigenvalue weighted by Gasteiger charge is -2.24. The Balaban J connectivity index is 3.21. The second-order valence-corrected chi connectivity index (χ2v) is 9.27. The number of phosphoric acid groups is 1. The van der Waals surface area contributed by atoms with E-state index in [0.29, 0.717) is 28.4 Å². The van der Waals surface area contributed by atoms with Crippen LogP contribution in [0.5, 0.6) is 0 Å². The molecule has 0 bridgehead atoms. The number of nitrogens with two attached hydrogens (primary N) is 1. The van der Waals surface area contributed by atoms with Gasteiger partial charge in [-0.15, -0.1) is 6.58 Å². The van der Waals surface area contributed by atoms with Gasteiger partial charge in [-0.2, -0.15) is 0 Å². The molecule has 0 saturated heterocycles. The number of aryl methyl sites for hydroxylation is 1. The number of carbonyl (C=O) groups excluding carboxylic acids is 2. The van der Waals surface area contributed by atoms with Crippen LogP contribution >= 0.6 is 19.6 Å². The van der Waals surface area contributed by atoms with Crippen molar-refractivity contribution in [2.45, 2.75) is 40.7 Å². The monoisotopic (exact) mass is 458 g/mol. The average Bonchev–Trinajstić information content (AvgIpc) is 2.65. The predicted octanol–water partition coefficient (Wildman–Crippen LogP) is 2.53. The zero-order chi connectivity index (χ0) is 23.1. The van der Waals surface area contributed by atoms with Gasteiger partial charge in [-0.3, -0.25) is 14.1 Å². The minimum atomic E-state index is -4.67. The topological polar surface area (TPSA) is 156 Å². The number of aromatic nitrogens is 2. The summed E-state index contributed by atoms with van der Waals surface area (Å²) in [7, 11) is -4.67. The first-order chi connectivity index (χ1) is 13.8. The Bertz CT molecular complexity index is 883. The number of hydrogen-bond donors (Lipinski definition) is 3. The quantitative estimate of drug-likeness (QED) is 0.256. The van der Waals surface area contributed by atoms with Gasteiger partial charge in [0.05, 0.1) is 18.6 Å². The fourth-order valence-corrected chi connectivity index (χ4v) is 3.45. The van der Waals surface area contributed by atoms with Crippen LogP contribution in [-0.4, -0.2) is 42.8 Å². The third kappa shape index (κ3) is 8.00. The SMILES string of the molecule is C=CC(C)(C)C(=O)S/C(CCOP(=O)(O)O)=C(/C)N(C=O)Cc1cnc(C)nc1N. The number of carbonyl (C=O) groups is 2. The average molecular weight is 458 g/mol.